The molecule has 8 heteroatoms. The number of rotatable bonds is 11. The van der Waals surface area contributed by atoms with Gasteiger partial charge in [0.15, 0.2) is 5.96 Å². The van der Waals surface area contributed by atoms with Crippen molar-refractivity contribution in [3.63, 3.8) is 0 Å². The summed E-state index contributed by atoms with van der Waals surface area (Å²) in [5, 5.41) is 6.34. The van der Waals surface area contributed by atoms with E-state index in [9.17, 15) is 4.79 Å². The molecule has 8 nitrogen and oxygen atoms in total. The van der Waals surface area contributed by atoms with Crippen molar-refractivity contribution in [3.05, 3.63) is 29.8 Å². The summed E-state index contributed by atoms with van der Waals surface area (Å²) in [6.45, 7) is 10.8. The molecule has 0 atom stereocenters. The van der Waals surface area contributed by atoms with Crippen LogP contribution in [0.4, 0.5) is 0 Å². The van der Waals surface area contributed by atoms with Crippen LogP contribution in [0.5, 0.6) is 5.75 Å². The molecule has 0 unspecified atom stereocenters. The van der Waals surface area contributed by atoms with E-state index in [-0.39, 0.29) is 5.91 Å². The van der Waals surface area contributed by atoms with Crippen LogP contribution in [-0.4, -0.2) is 94.9 Å². The lowest BCUT2D eigenvalue weighted by Crippen LogP contribution is -2.54. The third-order valence-electron chi connectivity index (χ3n) is 5.08. The molecule has 2 rings (SSSR count). The van der Waals surface area contributed by atoms with E-state index in [1.807, 2.05) is 19.2 Å². The fourth-order valence-electron chi connectivity index (χ4n) is 3.34. The molecule has 1 heterocycles. The maximum absolute atomic E-state index is 12.0. The minimum absolute atomic E-state index is 0.0497. The highest BCUT2D eigenvalue weighted by Crippen LogP contribution is 2.13. The molecule has 1 aliphatic rings. The number of benzene rings is 1. The van der Waals surface area contributed by atoms with Crippen molar-refractivity contribution in [1.82, 2.24) is 20.4 Å². The molecule has 0 aliphatic carbocycles. The number of piperazine rings is 1. The lowest BCUT2D eigenvalue weighted by Gasteiger charge is -2.36. The monoisotopic (exact) mass is 433 g/mol. The smallest absolute Gasteiger partial charge is 0.234 e. The lowest BCUT2D eigenvalue weighted by molar-refractivity contribution is -0.122. The summed E-state index contributed by atoms with van der Waals surface area (Å²) >= 11 is 0. The molecule has 2 N–H and O–H groups in total. The van der Waals surface area contributed by atoms with Crippen molar-refractivity contribution >= 4 is 11.9 Å². The minimum Gasteiger partial charge on any atom is -0.493 e. The molecule has 1 aromatic carbocycles. The molecule has 0 spiro atoms. The Morgan fingerprint density at radius 2 is 1.81 bits per heavy atom. The van der Waals surface area contributed by atoms with Crippen LogP contribution in [0.15, 0.2) is 29.3 Å². The molecule has 174 valence electrons. The van der Waals surface area contributed by atoms with Crippen LogP contribution >= 0.6 is 0 Å². The Hall–Kier alpha value is -2.32. The van der Waals surface area contributed by atoms with Gasteiger partial charge >= 0.3 is 0 Å². The highest BCUT2D eigenvalue weighted by Gasteiger charge is 2.20. The molecule has 1 saturated heterocycles. The number of methoxy groups -OCH3 is 1. The van der Waals surface area contributed by atoms with Gasteiger partial charge in [-0.05, 0) is 30.0 Å². The van der Waals surface area contributed by atoms with Gasteiger partial charge in [-0.15, -0.1) is 0 Å². The number of carbonyl (C=O) groups excluding carboxylic acids is 1. The van der Waals surface area contributed by atoms with Gasteiger partial charge in [0.25, 0.3) is 0 Å². The normalized spacial score (nSPS) is 15.3. The van der Waals surface area contributed by atoms with Gasteiger partial charge in [0.1, 0.15) is 5.75 Å². The van der Waals surface area contributed by atoms with Crippen LogP contribution in [0.25, 0.3) is 0 Å². The van der Waals surface area contributed by atoms with Gasteiger partial charge < -0.3 is 25.0 Å². The molecular formula is C23H39N5O3. The molecular weight excluding hydrogens is 394 g/mol. The van der Waals surface area contributed by atoms with Crippen molar-refractivity contribution in [2.24, 2.45) is 10.9 Å². The summed E-state index contributed by atoms with van der Waals surface area (Å²) in [6.07, 6.45) is 0.922. The Labute approximate surface area is 187 Å². The molecule has 1 fully saturated rings. The van der Waals surface area contributed by atoms with E-state index in [1.54, 1.807) is 7.11 Å². The lowest BCUT2D eigenvalue weighted by atomic mass is 10.1. The number of nitrogens with one attached hydrogen (secondary N) is 2. The van der Waals surface area contributed by atoms with Crippen molar-refractivity contribution < 1.29 is 14.3 Å². The van der Waals surface area contributed by atoms with E-state index < -0.39 is 0 Å². The first-order valence-electron chi connectivity index (χ1n) is 11.2. The number of hydrogen-bond acceptors (Lipinski definition) is 5. The van der Waals surface area contributed by atoms with Crippen molar-refractivity contribution in [2.45, 2.75) is 20.3 Å². The second-order valence-corrected chi connectivity index (χ2v) is 8.18. The van der Waals surface area contributed by atoms with E-state index in [4.69, 9.17) is 9.47 Å². The zero-order valence-electron chi connectivity index (χ0n) is 19.5. The maximum atomic E-state index is 12.0. The Balaban J connectivity index is 1.68. The fourth-order valence-corrected chi connectivity index (χ4v) is 3.34. The number of carbonyl (C=O) groups is 1. The van der Waals surface area contributed by atoms with Gasteiger partial charge in [-0.2, -0.15) is 0 Å². The highest BCUT2D eigenvalue weighted by atomic mass is 16.5. The van der Waals surface area contributed by atoms with Gasteiger partial charge in [0, 0.05) is 53.4 Å². The first-order valence-corrected chi connectivity index (χ1v) is 11.2. The molecule has 1 aromatic rings. The largest absolute Gasteiger partial charge is 0.493 e. The van der Waals surface area contributed by atoms with E-state index in [1.165, 1.54) is 5.56 Å². The van der Waals surface area contributed by atoms with Gasteiger partial charge in [0.05, 0.1) is 19.8 Å². The molecule has 0 saturated carbocycles. The fraction of sp³-hybridized carbons (Fsp3) is 0.652. The second kappa shape index (κ2) is 13.9. The Kier molecular flexibility index (Phi) is 11.2. The van der Waals surface area contributed by atoms with Crippen molar-refractivity contribution in [3.8, 4) is 5.75 Å². The number of hydrogen-bond donors (Lipinski definition) is 2. The Bertz CT molecular complexity index is 670. The average molecular weight is 434 g/mol. The average Bonchev–Trinajstić information content (AvgIpc) is 2.77. The first-order chi connectivity index (χ1) is 15.0. The summed E-state index contributed by atoms with van der Waals surface area (Å²) in [5.74, 6) is 2.41. The summed E-state index contributed by atoms with van der Waals surface area (Å²) < 4.78 is 10.7. The topological polar surface area (TPSA) is 78.4 Å². The highest BCUT2D eigenvalue weighted by molar-refractivity contribution is 5.80. The minimum atomic E-state index is 0.0497. The van der Waals surface area contributed by atoms with Gasteiger partial charge in [0.2, 0.25) is 5.91 Å². The second-order valence-electron chi connectivity index (χ2n) is 8.18. The number of guanidine groups is 1. The van der Waals surface area contributed by atoms with Crippen LogP contribution in [0.2, 0.25) is 0 Å². The number of ether oxygens (including phenoxy) is 2. The summed E-state index contributed by atoms with van der Waals surface area (Å²) in [4.78, 5) is 20.8. The summed E-state index contributed by atoms with van der Waals surface area (Å²) in [5.41, 5.74) is 1.27. The molecule has 31 heavy (non-hydrogen) atoms. The molecule has 1 aliphatic heterocycles. The van der Waals surface area contributed by atoms with Crippen molar-refractivity contribution in [2.75, 3.05) is 73.2 Å². The predicted molar refractivity (Wildman–Crippen MR) is 125 cm³/mol. The maximum Gasteiger partial charge on any atom is 0.234 e. The third kappa shape index (κ3) is 9.57. The zero-order chi connectivity index (χ0) is 22.5. The summed E-state index contributed by atoms with van der Waals surface area (Å²) in [6, 6.07) is 8.32. The molecule has 0 bridgehead atoms. The molecule has 0 aromatic heterocycles. The van der Waals surface area contributed by atoms with Crippen LogP contribution in [0.3, 0.4) is 0 Å². The third-order valence-corrected chi connectivity index (χ3v) is 5.08. The van der Waals surface area contributed by atoms with E-state index >= 15 is 0 Å². The van der Waals surface area contributed by atoms with Crippen LogP contribution < -0.4 is 15.4 Å². The number of amides is 1. The van der Waals surface area contributed by atoms with Crippen molar-refractivity contribution in [1.29, 1.82) is 0 Å². The standard InChI is InChI=1S/C23H39N5O3/c1-19(2)18-31-21-7-5-20(6-8-21)9-10-26-23(24-3)28-14-12-27(13-15-28)17-22(29)25-11-16-30-4/h5-8,19H,9-18H2,1-4H3,(H,24,26)(H,25,29). The molecule has 0 radical (unpaired) electrons. The first kappa shape index (κ1) is 24.9. The SMILES string of the molecule is CN=C(NCCc1ccc(OCC(C)C)cc1)N1CCN(CC(=O)NCCOC)CC1. The van der Waals surface area contributed by atoms with E-state index in [2.05, 4.69) is 51.4 Å². The quantitative estimate of drug-likeness (QED) is 0.310. The van der Waals surface area contributed by atoms with E-state index in [0.29, 0.717) is 25.6 Å². The Morgan fingerprint density at radius 3 is 2.42 bits per heavy atom. The predicted octanol–water partition coefficient (Wildman–Crippen LogP) is 1.22. The van der Waals surface area contributed by atoms with Gasteiger partial charge in [-0.25, -0.2) is 0 Å². The van der Waals surface area contributed by atoms with Gasteiger partial charge in [-0.1, -0.05) is 26.0 Å². The van der Waals surface area contributed by atoms with Crippen LogP contribution in [0, 0.1) is 5.92 Å². The summed E-state index contributed by atoms with van der Waals surface area (Å²) in [7, 11) is 3.45. The number of nitrogens with zero attached hydrogens (tertiary/aromatic N) is 3. The Morgan fingerprint density at radius 1 is 1.10 bits per heavy atom. The van der Waals surface area contributed by atoms with Crippen LogP contribution in [-0.2, 0) is 16.0 Å². The van der Waals surface area contributed by atoms with E-state index in [0.717, 1.165) is 57.5 Å². The van der Waals surface area contributed by atoms with Crippen LogP contribution in [0.1, 0.15) is 19.4 Å². The molecule has 1 amide bonds. The van der Waals surface area contributed by atoms with Gasteiger partial charge in [-0.3, -0.25) is 14.7 Å². The number of aliphatic imine (C=N–C) groups is 1. The zero-order valence-corrected chi connectivity index (χ0v) is 19.5.